The van der Waals surface area contributed by atoms with E-state index in [1.54, 1.807) is 31.4 Å². The number of esters is 1. The van der Waals surface area contributed by atoms with Crippen LogP contribution in [0.1, 0.15) is 30.4 Å². The van der Waals surface area contributed by atoms with Crippen molar-refractivity contribution in [1.29, 1.82) is 0 Å². The summed E-state index contributed by atoms with van der Waals surface area (Å²) in [6, 6.07) is 8.66. The van der Waals surface area contributed by atoms with Crippen LogP contribution in [0.2, 0.25) is 0 Å². The van der Waals surface area contributed by atoms with Crippen molar-refractivity contribution in [3.63, 3.8) is 0 Å². The van der Waals surface area contributed by atoms with Gasteiger partial charge in [-0.25, -0.2) is 0 Å². The molecule has 0 spiro atoms. The molecule has 0 fully saturated rings. The van der Waals surface area contributed by atoms with Crippen molar-refractivity contribution in [2.24, 2.45) is 0 Å². The molecule has 0 radical (unpaired) electrons. The summed E-state index contributed by atoms with van der Waals surface area (Å²) in [5, 5.41) is 10.6. The highest BCUT2D eigenvalue weighted by Gasteiger charge is 2.26. The lowest BCUT2D eigenvalue weighted by Crippen LogP contribution is -2.11. The van der Waals surface area contributed by atoms with E-state index in [0.29, 0.717) is 34.7 Å². The summed E-state index contributed by atoms with van der Waals surface area (Å²) in [5.41, 5.74) is 3.38. The minimum Gasteiger partial charge on any atom is -0.508 e. The number of aromatic nitrogens is 2. The van der Waals surface area contributed by atoms with Crippen LogP contribution in [0.4, 0.5) is 0 Å². The highest BCUT2D eigenvalue weighted by molar-refractivity contribution is 7.00. The van der Waals surface area contributed by atoms with Gasteiger partial charge < -0.3 is 19.3 Å². The van der Waals surface area contributed by atoms with E-state index in [2.05, 4.69) is 15.3 Å². The molecule has 0 aliphatic rings. The maximum Gasteiger partial charge on any atom is 0.306 e. The molecule has 1 unspecified atom stereocenters. The Morgan fingerprint density at radius 1 is 1.21 bits per heavy atom. The van der Waals surface area contributed by atoms with Gasteiger partial charge >= 0.3 is 5.97 Å². The molecule has 1 N–H and O–H groups in total. The fourth-order valence-corrected chi connectivity index (χ4v) is 3.61. The number of fused-ring (bicyclic) bond motifs is 1. The zero-order chi connectivity index (χ0) is 21.0. The van der Waals surface area contributed by atoms with Gasteiger partial charge in [0, 0.05) is 11.5 Å². The first kappa shape index (κ1) is 20.6. The van der Waals surface area contributed by atoms with E-state index in [0.717, 1.165) is 22.9 Å². The molecule has 1 atom stereocenters. The van der Waals surface area contributed by atoms with Crippen LogP contribution in [0.5, 0.6) is 17.2 Å². The molecule has 3 rings (SSSR count). The van der Waals surface area contributed by atoms with Gasteiger partial charge in [-0.05, 0) is 42.3 Å². The van der Waals surface area contributed by atoms with Gasteiger partial charge in [-0.15, -0.1) is 0 Å². The number of rotatable bonds is 8. The first-order chi connectivity index (χ1) is 13.9. The smallest absolute Gasteiger partial charge is 0.306 e. The van der Waals surface area contributed by atoms with Crippen LogP contribution >= 0.6 is 11.7 Å². The third-order valence-electron chi connectivity index (χ3n) is 4.46. The second-order valence-corrected chi connectivity index (χ2v) is 7.15. The quantitative estimate of drug-likeness (QED) is 0.439. The number of phenolic OH excluding ortho intramolecular Hbond substituents is 1. The number of phenols is 1. The van der Waals surface area contributed by atoms with Gasteiger partial charge in [0.1, 0.15) is 23.4 Å². The topological polar surface area (TPSA) is 90.8 Å². The number of hydrogen-bond acceptors (Lipinski definition) is 8. The summed E-state index contributed by atoms with van der Waals surface area (Å²) >= 11 is 1.05. The zero-order valence-electron chi connectivity index (χ0n) is 16.5. The van der Waals surface area contributed by atoms with Crippen molar-refractivity contribution in [2.75, 3.05) is 20.8 Å². The molecule has 1 heterocycles. The predicted molar refractivity (Wildman–Crippen MR) is 111 cm³/mol. The minimum absolute atomic E-state index is 0.0236. The molecule has 7 nitrogen and oxygen atoms in total. The van der Waals surface area contributed by atoms with Gasteiger partial charge in [-0.3, -0.25) is 4.79 Å². The first-order valence-electron chi connectivity index (χ1n) is 8.90. The molecule has 8 heteroatoms. The number of nitrogens with zero attached hydrogens (tertiary/aromatic N) is 2. The van der Waals surface area contributed by atoms with Gasteiger partial charge in [0.05, 0.1) is 32.4 Å². The van der Waals surface area contributed by atoms with E-state index in [1.165, 1.54) is 7.11 Å². The molecule has 0 saturated carbocycles. The highest BCUT2D eigenvalue weighted by atomic mass is 32.1. The van der Waals surface area contributed by atoms with Crippen molar-refractivity contribution in [3.05, 3.63) is 53.6 Å². The third kappa shape index (κ3) is 4.48. The summed E-state index contributed by atoms with van der Waals surface area (Å²) in [7, 11) is 2.88. The van der Waals surface area contributed by atoms with Crippen molar-refractivity contribution in [3.8, 4) is 17.2 Å². The number of methoxy groups -OCH3 is 2. The van der Waals surface area contributed by atoms with Gasteiger partial charge in [-0.2, -0.15) is 8.75 Å². The second kappa shape index (κ2) is 8.91. The second-order valence-electron chi connectivity index (χ2n) is 6.62. The standard InChI is InChI=1S/C21H22N2O5S/c1-12(2)11-28-17-8-5-13(9-18(17)26-3)14(10-19(25)27-4)20-16(24)7-6-15-21(20)23-29-22-15/h5-9,14,24H,1,10-11H2,2-4H3. The molecule has 1 aromatic heterocycles. The highest BCUT2D eigenvalue weighted by Crippen LogP contribution is 2.41. The number of hydrogen-bond donors (Lipinski definition) is 1. The molecule has 0 amide bonds. The largest absolute Gasteiger partial charge is 0.508 e. The Morgan fingerprint density at radius 3 is 2.69 bits per heavy atom. The molecule has 0 saturated heterocycles. The number of benzene rings is 2. The van der Waals surface area contributed by atoms with Crippen LogP contribution in [0.3, 0.4) is 0 Å². The van der Waals surface area contributed by atoms with Crippen LogP contribution in [-0.4, -0.2) is 40.6 Å². The number of aromatic hydroxyl groups is 1. The fourth-order valence-electron chi connectivity index (χ4n) is 3.06. The van der Waals surface area contributed by atoms with Gasteiger partial charge in [-0.1, -0.05) is 12.6 Å². The van der Waals surface area contributed by atoms with E-state index in [9.17, 15) is 9.90 Å². The normalized spacial score (nSPS) is 11.8. The van der Waals surface area contributed by atoms with Crippen molar-refractivity contribution >= 4 is 28.7 Å². The van der Waals surface area contributed by atoms with E-state index in [1.807, 2.05) is 13.0 Å². The Morgan fingerprint density at radius 2 is 2.00 bits per heavy atom. The molecule has 152 valence electrons. The lowest BCUT2D eigenvalue weighted by molar-refractivity contribution is -0.140. The zero-order valence-corrected chi connectivity index (χ0v) is 17.3. The van der Waals surface area contributed by atoms with E-state index in [-0.39, 0.29) is 12.2 Å². The Bertz CT molecular complexity index is 1050. The minimum atomic E-state index is -0.501. The summed E-state index contributed by atoms with van der Waals surface area (Å²) in [4.78, 5) is 12.2. The fraction of sp³-hybridized carbons (Fsp3) is 0.286. The maximum absolute atomic E-state index is 12.2. The molecule has 3 aromatic rings. The Balaban J connectivity index is 2.10. The van der Waals surface area contributed by atoms with Crippen LogP contribution in [-0.2, 0) is 9.53 Å². The van der Waals surface area contributed by atoms with Crippen LogP contribution in [0.15, 0.2) is 42.5 Å². The number of carbonyl (C=O) groups is 1. The summed E-state index contributed by atoms with van der Waals surface area (Å²) in [5.74, 6) is 0.214. The molecule has 0 aliphatic heterocycles. The summed E-state index contributed by atoms with van der Waals surface area (Å²) in [6.07, 6.45) is 0.0236. The Labute approximate surface area is 172 Å². The molecule has 0 aliphatic carbocycles. The molecular weight excluding hydrogens is 392 g/mol. The molecule has 2 aromatic carbocycles. The van der Waals surface area contributed by atoms with E-state index in [4.69, 9.17) is 14.2 Å². The van der Waals surface area contributed by atoms with Crippen LogP contribution in [0.25, 0.3) is 11.0 Å². The average molecular weight is 414 g/mol. The number of ether oxygens (including phenoxy) is 3. The Kier molecular flexibility index (Phi) is 6.33. The van der Waals surface area contributed by atoms with Gasteiger partial charge in [0.2, 0.25) is 0 Å². The predicted octanol–water partition coefficient (Wildman–Crippen LogP) is 4.06. The molecular formula is C21H22N2O5S. The van der Waals surface area contributed by atoms with Crippen molar-refractivity contribution in [2.45, 2.75) is 19.3 Å². The Hall–Kier alpha value is -3.13. The summed E-state index contributed by atoms with van der Waals surface area (Å²) in [6.45, 7) is 6.07. The van der Waals surface area contributed by atoms with Gasteiger partial charge in [0.25, 0.3) is 0 Å². The third-order valence-corrected chi connectivity index (χ3v) is 5.00. The monoisotopic (exact) mass is 414 g/mol. The van der Waals surface area contributed by atoms with Gasteiger partial charge in [0.15, 0.2) is 11.5 Å². The number of carbonyl (C=O) groups excluding carboxylic acids is 1. The first-order valence-corrected chi connectivity index (χ1v) is 9.63. The van der Waals surface area contributed by atoms with Crippen LogP contribution < -0.4 is 9.47 Å². The van der Waals surface area contributed by atoms with E-state index < -0.39 is 11.9 Å². The van der Waals surface area contributed by atoms with Crippen molar-refractivity contribution < 1.29 is 24.1 Å². The average Bonchev–Trinajstić information content (AvgIpc) is 3.19. The molecule has 0 bridgehead atoms. The molecule has 29 heavy (non-hydrogen) atoms. The van der Waals surface area contributed by atoms with Crippen molar-refractivity contribution in [1.82, 2.24) is 8.75 Å². The maximum atomic E-state index is 12.2. The van der Waals surface area contributed by atoms with E-state index >= 15 is 0 Å². The lowest BCUT2D eigenvalue weighted by Gasteiger charge is -2.20. The van der Waals surface area contributed by atoms with Crippen LogP contribution in [0, 0.1) is 0 Å². The lowest BCUT2D eigenvalue weighted by atomic mass is 9.86. The SMILES string of the molecule is C=C(C)COc1ccc(C(CC(=O)OC)c2c(O)ccc3nsnc23)cc1OC. The summed E-state index contributed by atoms with van der Waals surface area (Å²) < 4.78 is 24.6.